The Hall–Kier alpha value is -4.73. The van der Waals surface area contributed by atoms with Crippen molar-refractivity contribution in [1.29, 1.82) is 0 Å². The molecule has 0 bridgehead atoms. The smallest absolute Gasteiger partial charge is 0.408 e. The van der Waals surface area contributed by atoms with Gasteiger partial charge in [-0.05, 0) is 23.3 Å². The Morgan fingerprint density at radius 1 is 0.800 bits per heavy atom. The predicted molar refractivity (Wildman–Crippen MR) is 123 cm³/mol. The van der Waals surface area contributed by atoms with Gasteiger partial charge in [-0.3, -0.25) is 14.9 Å². The molecule has 0 aliphatic heterocycles. The maximum Gasteiger partial charge on any atom is 0.408 e. The summed E-state index contributed by atoms with van der Waals surface area (Å²) in [5.41, 5.74) is 1.30. The van der Waals surface area contributed by atoms with Crippen LogP contribution in [-0.4, -0.2) is 29.0 Å². The van der Waals surface area contributed by atoms with Crippen LogP contribution in [0.25, 0.3) is 0 Å². The molecule has 0 spiro atoms. The first-order valence-electron chi connectivity index (χ1n) is 10.5. The SMILES string of the molecule is O=C(C[C@@H](NC(=O)OCc1ccccc1)C(=O)Oc1ccc([N+](=O)[O-])cc1)OCc1ccccc1. The van der Waals surface area contributed by atoms with Crippen LogP contribution in [0.1, 0.15) is 17.5 Å². The number of nitrogens with one attached hydrogen (secondary N) is 1. The normalized spacial score (nSPS) is 11.1. The topological polar surface area (TPSA) is 134 Å². The number of carbonyl (C=O) groups excluding carboxylic acids is 3. The molecule has 3 aromatic carbocycles. The first kappa shape index (κ1) is 24.9. The number of nitro benzene ring substituents is 1. The highest BCUT2D eigenvalue weighted by molar-refractivity contribution is 5.87. The van der Waals surface area contributed by atoms with E-state index in [1.54, 1.807) is 48.5 Å². The maximum absolute atomic E-state index is 12.7. The van der Waals surface area contributed by atoms with Crippen LogP contribution in [0.3, 0.4) is 0 Å². The standard InChI is InChI=1S/C25H22N2O8/c28-23(33-16-18-7-3-1-4-8-18)15-22(26-25(30)34-17-19-9-5-2-6-10-19)24(29)35-21-13-11-20(12-14-21)27(31)32/h1-14,22H,15-17H2,(H,26,30)/t22-/m1/s1. The van der Waals surface area contributed by atoms with Gasteiger partial charge in [0.05, 0.1) is 11.3 Å². The molecule has 0 unspecified atom stereocenters. The van der Waals surface area contributed by atoms with Crippen LogP contribution in [-0.2, 0) is 32.3 Å². The third kappa shape index (κ3) is 8.28. The van der Waals surface area contributed by atoms with Crippen LogP contribution in [0.4, 0.5) is 10.5 Å². The second kappa shape index (κ2) is 12.5. The second-order valence-corrected chi connectivity index (χ2v) is 7.28. The van der Waals surface area contributed by atoms with Crippen molar-refractivity contribution < 1.29 is 33.5 Å². The van der Waals surface area contributed by atoms with Crippen LogP contribution >= 0.6 is 0 Å². The molecule has 0 saturated carbocycles. The van der Waals surface area contributed by atoms with Gasteiger partial charge < -0.3 is 19.5 Å². The molecule has 0 radical (unpaired) electrons. The Morgan fingerprint density at radius 2 is 1.34 bits per heavy atom. The number of alkyl carbamates (subject to hydrolysis) is 1. The number of carbonyl (C=O) groups is 3. The van der Waals surface area contributed by atoms with E-state index in [-0.39, 0.29) is 24.7 Å². The molecule has 180 valence electrons. The Kier molecular flexibility index (Phi) is 8.89. The molecule has 35 heavy (non-hydrogen) atoms. The number of nitrogens with zero attached hydrogens (tertiary/aromatic N) is 1. The molecule has 3 aromatic rings. The van der Waals surface area contributed by atoms with Gasteiger partial charge in [0.1, 0.15) is 25.0 Å². The van der Waals surface area contributed by atoms with Crippen molar-refractivity contribution in [1.82, 2.24) is 5.32 Å². The number of nitro groups is 1. The minimum atomic E-state index is -1.42. The highest BCUT2D eigenvalue weighted by Crippen LogP contribution is 2.18. The highest BCUT2D eigenvalue weighted by atomic mass is 16.6. The number of non-ortho nitro benzene ring substituents is 1. The molecule has 0 heterocycles. The fourth-order valence-corrected chi connectivity index (χ4v) is 2.89. The number of benzene rings is 3. The van der Waals surface area contributed by atoms with Crippen molar-refractivity contribution in [3.8, 4) is 5.75 Å². The molecule has 3 rings (SSSR count). The van der Waals surface area contributed by atoms with Crippen LogP contribution in [0.5, 0.6) is 5.75 Å². The van der Waals surface area contributed by atoms with E-state index in [4.69, 9.17) is 14.2 Å². The summed E-state index contributed by atoms with van der Waals surface area (Å²) >= 11 is 0. The Bertz CT molecular complexity index is 1090. The monoisotopic (exact) mass is 478 g/mol. The Balaban J connectivity index is 1.63. The van der Waals surface area contributed by atoms with Crippen molar-refractivity contribution in [2.45, 2.75) is 25.7 Å². The third-order valence-corrected chi connectivity index (χ3v) is 4.67. The molecule has 0 aromatic heterocycles. The lowest BCUT2D eigenvalue weighted by Crippen LogP contribution is -2.44. The molecule has 0 aliphatic rings. The minimum absolute atomic E-state index is 0.00251. The van der Waals surface area contributed by atoms with Gasteiger partial charge >= 0.3 is 18.0 Å². The summed E-state index contributed by atoms with van der Waals surface area (Å²) in [6.07, 6.45) is -1.45. The molecule has 1 N–H and O–H groups in total. The summed E-state index contributed by atoms with van der Waals surface area (Å²) in [5, 5.41) is 13.1. The third-order valence-electron chi connectivity index (χ3n) is 4.67. The van der Waals surface area contributed by atoms with Crippen molar-refractivity contribution in [3.63, 3.8) is 0 Å². The van der Waals surface area contributed by atoms with E-state index in [0.29, 0.717) is 0 Å². The average Bonchev–Trinajstić information content (AvgIpc) is 2.87. The van der Waals surface area contributed by atoms with Crippen LogP contribution in [0.2, 0.25) is 0 Å². The molecular weight excluding hydrogens is 456 g/mol. The fourth-order valence-electron chi connectivity index (χ4n) is 2.89. The average molecular weight is 478 g/mol. The summed E-state index contributed by atoms with van der Waals surface area (Å²) in [7, 11) is 0. The summed E-state index contributed by atoms with van der Waals surface area (Å²) in [4.78, 5) is 47.6. The lowest BCUT2D eigenvalue weighted by Gasteiger charge is -2.17. The van der Waals surface area contributed by atoms with Crippen molar-refractivity contribution in [2.24, 2.45) is 0 Å². The van der Waals surface area contributed by atoms with Gasteiger partial charge in [0, 0.05) is 12.1 Å². The van der Waals surface area contributed by atoms with Gasteiger partial charge in [0.25, 0.3) is 5.69 Å². The van der Waals surface area contributed by atoms with E-state index in [1.165, 1.54) is 12.1 Å². The lowest BCUT2D eigenvalue weighted by molar-refractivity contribution is -0.384. The molecule has 10 heteroatoms. The molecule has 0 aliphatic carbocycles. The zero-order chi connectivity index (χ0) is 25.0. The second-order valence-electron chi connectivity index (χ2n) is 7.28. The van der Waals surface area contributed by atoms with Gasteiger partial charge in [0.2, 0.25) is 0 Å². The fraction of sp³-hybridized carbons (Fsp3) is 0.160. The van der Waals surface area contributed by atoms with Gasteiger partial charge in [0.15, 0.2) is 0 Å². The summed E-state index contributed by atoms with van der Waals surface area (Å²) in [6, 6.07) is 21.2. The van der Waals surface area contributed by atoms with E-state index >= 15 is 0 Å². The quantitative estimate of drug-likeness (QED) is 0.200. The van der Waals surface area contributed by atoms with Gasteiger partial charge in [-0.2, -0.15) is 0 Å². The van der Waals surface area contributed by atoms with Gasteiger partial charge in [-0.1, -0.05) is 60.7 Å². The maximum atomic E-state index is 12.7. The summed E-state index contributed by atoms with van der Waals surface area (Å²) in [5.74, 6) is -1.71. The van der Waals surface area contributed by atoms with E-state index in [0.717, 1.165) is 23.3 Å². The van der Waals surface area contributed by atoms with E-state index < -0.39 is 35.4 Å². The first-order valence-corrected chi connectivity index (χ1v) is 10.5. The Labute approximate surface area is 200 Å². The van der Waals surface area contributed by atoms with Crippen LogP contribution in [0, 0.1) is 10.1 Å². The number of amides is 1. The Morgan fingerprint density at radius 3 is 1.89 bits per heavy atom. The van der Waals surface area contributed by atoms with Crippen molar-refractivity contribution in [3.05, 3.63) is 106 Å². The predicted octanol–water partition coefficient (Wildman–Crippen LogP) is 3.93. The summed E-state index contributed by atoms with van der Waals surface area (Å²) < 4.78 is 15.5. The highest BCUT2D eigenvalue weighted by Gasteiger charge is 2.27. The van der Waals surface area contributed by atoms with E-state index in [1.807, 2.05) is 12.1 Å². The minimum Gasteiger partial charge on any atom is -0.461 e. The molecule has 1 atom stereocenters. The van der Waals surface area contributed by atoms with E-state index in [9.17, 15) is 24.5 Å². The van der Waals surface area contributed by atoms with E-state index in [2.05, 4.69) is 5.32 Å². The lowest BCUT2D eigenvalue weighted by atomic mass is 10.2. The molecule has 1 amide bonds. The zero-order valence-electron chi connectivity index (χ0n) is 18.5. The molecule has 10 nitrogen and oxygen atoms in total. The number of ether oxygens (including phenoxy) is 3. The number of rotatable bonds is 10. The summed E-state index contributed by atoms with van der Waals surface area (Å²) in [6.45, 7) is -0.0580. The van der Waals surface area contributed by atoms with Gasteiger partial charge in [-0.25, -0.2) is 9.59 Å². The number of esters is 2. The first-order chi connectivity index (χ1) is 16.9. The molecule has 0 fully saturated rings. The molecular formula is C25H22N2O8. The number of hydrogen-bond acceptors (Lipinski definition) is 8. The van der Waals surface area contributed by atoms with Crippen LogP contribution < -0.4 is 10.1 Å². The zero-order valence-corrected chi connectivity index (χ0v) is 18.5. The van der Waals surface area contributed by atoms with Crippen molar-refractivity contribution in [2.75, 3.05) is 0 Å². The number of hydrogen-bond donors (Lipinski definition) is 1. The molecule has 0 saturated heterocycles. The largest absolute Gasteiger partial charge is 0.461 e. The van der Waals surface area contributed by atoms with Crippen LogP contribution in [0.15, 0.2) is 84.9 Å². The van der Waals surface area contributed by atoms with Gasteiger partial charge in [-0.15, -0.1) is 0 Å². The van der Waals surface area contributed by atoms with Crippen molar-refractivity contribution >= 4 is 23.7 Å².